The second-order valence-electron chi connectivity index (χ2n) is 6.25. The lowest BCUT2D eigenvalue weighted by Gasteiger charge is -2.21. The lowest BCUT2D eigenvalue weighted by molar-refractivity contribution is -0.147. The Morgan fingerprint density at radius 1 is 1.41 bits per heavy atom. The van der Waals surface area contributed by atoms with Crippen molar-refractivity contribution in [3.8, 4) is 0 Å². The first-order valence-corrected chi connectivity index (χ1v) is 7.32. The molecule has 0 spiro atoms. The summed E-state index contributed by atoms with van der Waals surface area (Å²) in [5.74, 6) is -0.474. The number of aromatic nitrogens is 4. The molecule has 0 amide bonds. The Kier molecular flexibility index (Phi) is 4.08. The Morgan fingerprint density at radius 3 is 2.59 bits per heavy atom. The van der Waals surface area contributed by atoms with Crippen LogP contribution >= 0.6 is 0 Å². The first kappa shape index (κ1) is 16.2. The first-order valence-electron chi connectivity index (χ1n) is 7.32. The molecule has 0 saturated carbocycles. The predicted octanol–water partition coefficient (Wildman–Crippen LogP) is 1.78. The number of ether oxygens (including phenoxy) is 1. The highest BCUT2D eigenvalue weighted by atomic mass is 16.5. The summed E-state index contributed by atoms with van der Waals surface area (Å²) >= 11 is 0. The summed E-state index contributed by atoms with van der Waals surface area (Å²) in [4.78, 5) is 24.7. The average molecular weight is 306 g/mol. The molecule has 2 rings (SSSR count). The number of aryl methyl sites for hydroxylation is 1. The monoisotopic (exact) mass is 306 g/mol. The van der Waals surface area contributed by atoms with Crippen LogP contribution in [0.25, 0.3) is 10.9 Å². The van der Waals surface area contributed by atoms with E-state index in [1.165, 1.54) is 4.68 Å². The van der Waals surface area contributed by atoms with Crippen molar-refractivity contribution in [2.45, 2.75) is 53.1 Å². The van der Waals surface area contributed by atoms with Crippen LogP contribution in [-0.2, 0) is 15.1 Å². The topological polar surface area (TPSA) is 79.0 Å². The van der Waals surface area contributed by atoms with Crippen molar-refractivity contribution in [3.63, 3.8) is 0 Å². The van der Waals surface area contributed by atoms with Crippen molar-refractivity contribution in [2.24, 2.45) is 0 Å². The van der Waals surface area contributed by atoms with E-state index >= 15 is 0 Å². The van der Waals surface area contributed by atoms with E-state index in [1.807, 2.05) is 20.8 Å². The third-order valence-corrected chi connectivity index (χ3v) is 3.46. The molecule has 120 valence electrons. The molecule has 0 fully saturated rings. The zero-order valence-electron chi connectivity index (χ0n) is 13.9. The van der Waals surface area contributed by atoms with Gasteiger partial charge in [0.15, 0.2) is 6.04 Å². The van der Waals surface area contributed by atoms with Gasteiger partial charge in [-0.15, -0.1) is 0 Å². The van der Waals surface area contributed by atoms with E-state index in [0.717, 1.165) is 0 Å². The third-order valence-electron chi connectivity index (χ3n) is 3.46. The minimum Gasteiger partial charge on any atom is -0.464 e. The summed E-state index contributed by atoms with van der Waals surface area (Å²) in [6.07, 6.45) is 1.64. The molecular weight excluding hydrogens is 284 g/mol. The van der Waals surface area contributed by atoms with Crippen molar-refractivity contribution in [1.82, 2.24) is 19.6 Å². The number of esters is 1. The van der Waals surface area contributed by atoms with Gasteiger partial charge in [0.25, 0.3) is 5.56 Å². The molecule has 2 aromatic rings. The fraction of sp³-hybridized carbons (Fsp3) is 0.600. The minimum absolute atomic E-state index is 0.263. The van der Waals surface area contributed by atoms with Crippen LogP contribution in [0.4, 0.5) is 0 Å². The quantitative estimate of drug-likeness (QED) is 0.808. The van der Waals surface area contributed by atoms with E-state index in [-0.39, 0.29) is 17.7 Å². The fourth-order valence-corrected chi connectivity index (χ4v) is 2.32. The van der Waals surface area contributed by atoms with Crippen LogP contribution in [-0.4, -0.2) is 32.1 Å². The van der Waals surface area contributed by atoms with Crippen LogP contribution in [0.15, 0.2) is 11.0 Å². The third kappa shape index (κ3) is 2.63. The molecule has 0 aliphatic rings. The number of fused-ring (bicyclic) bond motifs is 1. The Balaban J connectivity index is 2.71. The summed E-state index contributed by atoms with van der Waals surface area (Å²) in [6.45, 7) is 11.3. The van der Waals surface area contributed by atoms with E-state index in [0.29, 0.717) is 16.6 Å². The summed E-state index contributed by atoms with van der Waals surface area (Å²) < 4.78 is 7.84. The van der Waals surface area contributed by atoms with Gasteiger partial charge >= 0.3 is 5.97 Å². The largest absolute Gasteiger partial charge is 0.464 e. The second-order valence-corrected chi connectivity index (χ2v) is 6.25. The van der Waals surface area contributed by atoms with Gasteiger partial charge in [-0.25, -0.2) is 9.48 Å². The van der Waals surface area contributed by atoms with Crippen LogP contribution in [0.2, 0.25) is 0 Å². The molecular formula is C15H22N4O3. The SMILES string of the molecule is CCOC(=O)C(C)n1nc(C)c2cnn(C(C)(C)C)c2c1=O. The van der Waals surface area contributed by atoms with Gasteiger partial charge in [-0.3, -0.25) is 9.48 Å². The maximum absolute atomic E-state index is 12.8. The summed E-state index contributed by atoms with van der Waals surface area (Å²) in [7, 11) is 0. The Morgan fingerprint density at radius 2 is 2.05 bits per heavy atom. The Labute approximate surface area is 128 Å². The molecule has 1 unspecified atom stereocenters. The van der Waals surface area contributed by atoms with Crippen molar-refractivity contribution >= 4 is 16.9 Å². The number of rotatable bonds is 3. The van der Waals surface area contributed by atoms with E-state index < -0.39 is 12.0 Å². The van der Waals surface area contributed by atoms with E-state index in [2.05, 4.69) is 10.2 Å². The highest BCUT2D eigenvalue weighted by molar-refractivity contribution is 5.80. The van der Waals surface area contributed by atoms with Crippen molar-refractivity contribution in [3.05, 3.63) is 22.2 Å². The smallest absolute Gasteiger partial charge is 0.330 e. The lowest BCUT2D eigenvalue weighted by atomic mass is 10.1. The summed E-state index contributed by atoms with van der Waals surface area (Å²) in [5, 5.41) is 9.27. The van der Waals surface area contributed by atoms with Gasteiger partial charge in [0, 0.05) is 5.39 Å². The van der Waals surface area contributed by atoms with Gasteiger partial charge in [0.2, 0.25) is 0 Å². The lowest BCUT2D eigenvalue weighted by Crippen LogP contribution is -2.35. The van der Waals surface area contributed by atoms with Gasteiger partial charge in [-0.1, -0.05) is 0 Å². The number of hydrogen-bond acceptors (Lipinski definition) is 5. The number of carbonyl (C=O) groups excluding carboxylic acids is 1. The molecule has 22 heavy (non-hydrogen) atoms. The van der Waals surface area contributed by atoms with Crippen LogP contribution in [0.5, 0.6) is 0 Å². The second kappa shape index (κ2) is 5.55. The molecule has 0 N–H and O–H groups in total. The normalized spacial score (nSPS) is 13.4. The zero-order valence-corrected chi connectivity index (χ0v) is 13.9. The Bertz CT molecular complexity index is 767. The van der Waals surface area contributed by atoms with Crippen LogP contribution in [0, 0.1) is 6.92 Å². The van der Waals surface area contributed by atoms with Gasteiger partial charge in [-0.2, -0.15) is 10.2 Å². The van der Waals surface area contributed by atoms with Gasteiger partial charge < -0.3 is 4.74 Å². The highest BCUT2D eigenvalue weighted by Gasteiger charge is 2.25. The molecule has 0 aliphatic carbocycles. The molecule has 2 heterocycles. The Hall–Kier alpha value is -2.18. The van der Waals surface area contributed by atoms with Crippen molar-refractivity contribution in [2.75, 3.05) is 6.61 Å². The molecule has 7 heteroatoms. The summed E-state index contributed by atoms with van der Waals surface area (Å²) in [5.41, 5.74) is 0.422. The van der Waals surface area contributed by atoms with Crippen LogP contribution in [0.3, 0.4) is 0 Å². The average Bonchev–Trinajstić information content (AvgIpc) is 2.88. The van der Waals surface area contributed by atoms with Gasteiger partial charge in [0.05, 0.1) is 24.0 Å². The van der Waals surface area contributed by atoms with Gasteiger partial charge in [-0.05, 0) is 41.5 Å². The fourth-order valence-electron chi connectivity index (χ4n) is 2.32. The molecule has 0 saturated heterocycles. The number of carbonyl (C=O) groups is 1. The molecule has 0 radical (unpaired) electrons. The van der Waals surface area contributed by atoms with E-state index in [1.54, 1.807) is 31.6 Å². The first-order chi connectivity index (χ1) is 10.2. The molecule has 0 aliphatic heterocycles. The standard InChI is InChI=1S/C15H22N4O3/c1-7-22-14(21)10(3)18-13(20)12-11(9(2)17-18)8-16-19(12)15(4,5)6/h8,10H,7H2,1-6H3. The molecule has 1 atom stereocenters. The predicted molar refractivity (Wildman–Crippen MR) is 82.9 cm³/mol. The van der Waals surface area contributed by atoms with Crippen LogP contribution < -0.4 is 5.56 Å². The maximum Gasteiger partial charge on any atom is 0.330 e. The van der Waals surface area contributed by atoms with Crippen molar-refractivity contribution in [1.29, 1.82) is 0 Å². The van der Waals surface area contributed by atoms with Gasteiger partial charge in [0.1, 0.15) is 5.52 Å². The molecule has 0 bridgehead atoms. The van der Waals surface area contributed by atoms with E-state index in [9.17, 15) is 9.59 Å². The maximum atomic E-state index is 12.8. The van der Waals surface area contributed by atoms with Crippen molar-refractivity contribution < 1.29 is 9.53 Å². The number of hydrogen-bond donors (Lipinski definition) is 0. The zero-order chi connectivity index (χ0) is 16.7. The molecule has 7 nitrogen and oxygen atoms in total. The minimum atomic E-state index is -0.779. The highest BCUT2D eigenvalue weighted by Crippen LogP contribution is 2.21. The van der Waals surface area contributed by atoms with E-state index in [4.69, 9.17) is 4.74 Å². The van der Waals surface area contributed by atoms with Crippen LogP contribution in [0.1, 0.15) is 46.4 Å². The summed E-state index contributed by atoms with van der Waals surface area (Å²) in [6, 6.07) is -0.779. The molecule has 0 aromatic carbocycles. The molecule has 2 aromatic heterocycles. The number of nitrogens with zero attached hydrogens (tertiary/aromatic N) is 4.